The van der Waals surface area contributed by atoms with Crippen LogP contribution in [0.25, 0.3) is 11.0 Å². The number of anilines is 1. The van der Waals surface area contributed by atoms with Crippen LogP contribution in [-0.2, 0) is 0 Å². The SMILES string of the molecule is Cc1cc2oc(=O)cc(C)c2cc1NC(=O)c1ccc([NH+]([O-])O)cc1. The van der Waals surface area contributed by atoms with Gasteiger partial charge in [0.05, 0.1) is 0 Å². The summed E-state index contributed by atoms with van der Waals surface area (Å²) in [4.78, 5) is 23.9. The number of amides is 1. The number of rotatable bonds is 3. The molecule has 0 saturated carbocycles. The Kier molecular flexibility index (Phi) is 4.37. The van der Waals surface area contributed by atoms with E-state index in [2.05, 4.69) is 5.32 Å². The van der Waals surface area contributed by atoms with Crippen LogP contribution < -0.4 is 16.2 Å². The van der Waals surface area contributed by atoms with E-state index in [1.165, 1.54) is 30.3 Å². The van der Waals surface area contributed by atoms with Crippen LogP contribution in [0.15, 0.2) is 51.7 Å². The molecule has 0 saturated heterocycles. The summed E-state index contributed by atoms with van der Waals surface area (Å²) >= 11 is 0. The zero-order valence-corrected chi connectivity index (χ0v) is 13.6. The van der Waals surface area contributed by atoms with E-state index in [0.29, 0.717) is 16.8 Å². The Morgan fingerprint density at radius 3 is 2.44 bits per heavy atom. The van der Waals surface area contributed by atoms with E-state index >= 15 is 0 Å². The molecule has 2 aromatic carbocycles. The van der Waals surface area contributed by atoms with Gasteiger partial charge in [-0.3, -0.25) is 4.79 Å². The molecule has 7 nitrogen and oxygen atoms in total. The molecule has 1 atom stereocenters. The summed E-state index contributed by atoms with van der Waals surface area (Å²) < 4.78 is 5.18. The van der Waals surface area contributed by atoms with Crippen LogP contribution in [0.2, 0.25) is 0 Å². The van der Waals surface area contributed by atoms with Gasteiger partial charge in [-0.1, -0.05) is 0 Å². The summed E-state index contributed by atoms with van der Waals surface area (Å²) in [5.41, 5.74) is 2.61. The average molecular weight is 340 g/mol. The topological polar surface area (TPSA) is 107 Å². The summed E-state index contributed by atoms with van der Waals surface area (Å²) in [7, 11) is 0. The van der Waals surface area contributed by atoms with Gasteiger partial charge in [0.1, 0.15) is 5.58 Å². The van der Waals surface area contributed by atoms with Crippen molar-refractivity contribution in [3.05, 3.63) is 74.8 Å². The number of carbonyl (C=O) groups excluding carboxylic acids is 1. The maximum absolute atomic E-state index is 12.4. The normalized spacial score (nSPS) is 12.2. The van der Waals surface area contributed by atoms with E-state index in [4.69, 9.17) is 9.62 Å². The summed E-state index contributed by atoms with van der Waals surface area (Å²) in [6, 6.07) is 10.5. The van der Waals surface area contributed by atoms with Crippen molar-refractivity contribution in [2.45, 2.75) is 13.8 Å². The van der Waals surface area contributed by atoms with Crippen molar-refractivity contribution >= 4 is 28.3 Å². The van der Waals surface area contributed by atoms with Crippen molar-refractivity contribution in [3.8, 4) is 0 Å². The highest BCUT2D eigenvalue weighted by molar-refractivity contribution is 6.05. The molecule has 1 heterocycles. The average Bonchev–Trinajstić information content (AvgIpc) is 2.56. The van der Waals surface area contributed by atoms with E-state index in [1.807, 2.05) is 0 Å². The molecule has 1 aromatic heterocycles. The lowest BCUT2D eigenvalue weighted by atomic mass is 10.1. The molecule has 0 bridgehead atoms. The third kappa shape index (κ3) is 3.43. The Morgan fingerprint density at radius 1 is 1.12 bits per heavy atom. The number of aryl methyl sites for hydroxylation is 2. The first-order chi connectivity index (χ1) is 11.8. The van der Waals surface area contributed by atoms with Gasteiger partial charge in [0.25, 0.3) is 5.91 Å². The van der Waals surface area contributed by atoms with Crippen LogP contribution in [0.3, 0.4) is 0 Å². The van der Waals surface area contributed by atoms with Gasteiger partial charge < -0.3 is 14.9 Å². The van der Waals surface area contributed by atoms with Crippen molar-refractivity contribution in [3.63, 3.8) is 0 Å². The molecule has 7 heteroatoms. The number of nitrogens with one attached hydrogen (secondary N) is 2. The monoisotopic (exact) mass is 340 g/mol. The van der Waals surface area contributed by atoms with Gasteiger partial charge in [-0.05, 0) is 49.2 Å². The van der Waals surface area contributed by atoms with Gasteiger partial charge in [0, 0.05) is 34.8 Å². The molecule has 3 aromatic rings. The van der Waals surface area contributed by atoms with Crippen LogP contribution in [0, 0.1) is 19.1 Å². The first-order valence-corrected chi connectivity index (χ1v) is 7.55. The van der Waals surface area contributed by atoms with Gasteiger partial charge in [-0.25, -0.2) is 10.0 Å². The smallest absolute Gasteiger partial charge is 0.336 e. The number of carbonyl (C=O) groups is 1. The predicted octanol–water partition coefficient (Wildman–Crippen LogP) is 2.07. The van der Waals surface area contributed by atoms with Crippen LogP contribution in [0.1, 0.15) is 21.5 Å². The molecule has 0 spiro atoms. The summed E-state index contributed by atoms with van der Waals surface area (Å²) in [5.74, 6) is -0.352. The Labute approximate surface area is 142 Å². The second-order valence-corrected chi connectivity index (χ2v) is 5.75. The van der Waals surface area contributed by atoms with E-state index in [9.17, 15) is 14.8 Å². The molecule has 0 aliphatic rings. The maximum Gasteiger partial charge on any atom is 0.336 e. The third-order valence-electron chi connectivity index (χ3n) is 3.94. The van der Waals surface area contributed by atoms with Crippen molar-refractivity contribution in [1.29, 1.82) is 0 Å². The molecule has 3 rings (SSSR count). The van der Waals surface area contributed by atoms with Crippen molar-refractivity contribution in [2.24, 2.45) is 0 Å². The van der Waals surface area contributed by atoms with E-state index in [1.54, 1.807) is 26.0 Å². The van der Waals surface area contributed by atoms with Crippen molar-refractivity contribution in [1.82, 2.24) is 0 Å². The molecular weight excluding hydrogens is 324 g/mol. The quantitative estimate of drug-likeness (QED) is 0.500. The first kappa shape index (κ1) is 16.8. The highest BCUT2D eigenvalue weighted by atomic mass is 16.8. The van der Waals surface area contributed by atoms with Crippen LogP contribution in [0.4, 0.5) is 11.4 Å². The number of quaternary nitrogens is 1. The first-order valence-electron chi connectivity index (χ1n) is 7.55. The van der Waals surface area contributed by atoms with Gasteiger partial charge in [0.15, 0.2) is 5.69 Å². The number of hydrogen-bond donors (Lipinski definition) is 3. The van der Waals surface area contributed by atoms with Crippen LogP contribution in [0.5, 0.6) is 0 Å². The molecule has 0 aliphatic heterocycles. The minimum absolute atomic E-state index is 0.115. The fourth-order valence-corrected chi connectivity index (χ4v) is 2.56. The number of benzene rings is 2. The Bertz CT molecular complexity index is 1010. The van der Waals surface area contributed by atoms with Crippen molar-refractivity contribution in [2.75, 3.05) is 5.32 Å². The Hall–Kier alpha value is -3.00. The molecule has 25 heavy (non-hydrogen) atoms. The molecule has 0 aliphatic carbocycles. The second kappa shape index (κ2) is 6.48. The van der Waals surface area contributed by atoms with E-state index < -0.39 is 10.9 Å². The lowest BCUT2D eigenvalue weighted by molar-refractivity contribution is -0.991. The van der Waals surface area contributed by atoms with Gasteiger partial charge in [0.2, 0.25) is 0 Å². The largest absolute Gasteiger partial charge is 0.595 e. The van der Waals surface area contributed by atoms with Gasteiger partial charge in [-0.15, -0.1) is 0 Å². The van der Waals surface area contributed by atoms with Crippen molar-refractivity contribution < 1.29 is 19.6 Å². The second-order valence-electron chi connectivity index (χ2n) is 5.75. The molecule has 1 amide bonds. The van der Waals surface area contributed by atoms with Crippen LogP contribution >= 0.6 is 0 Å². The molecule has 0 radical (unpaired) electrons. The number of fused-ring (bicyclic) bond motifs is 1. The molecule has 0 fully saturated rings. The van der Waals surface area contributed by atoms with Crippen LogP contribution in [-0.4, -0.2) is 11.1 Å². The van der Waals surface area contributed by atoms with Gasteiger partial charge in [-0.2, -0.15) is 5.23 Å². The fraction of sp³-hybridized carbons (Fsp3) is 0.111. The lowest BCUT2D eigenvalue weighted by Gasteiger charge is -2.13. The number of hydrogen-bond acceptors (Lipinski definition) is 5. The zero-order valence-electron chi connectivity index (χ0n) is 13.6. The molecule has 1 unspecified atom stereocenters. The summed E-state index contributed by atoms with van der Waals surface area (Å²) in [6.45, 7) is 3.59. The summed E-state index contributed by atoms with van der Waals surface area (Å²) in [6.07, 6.45) is 0. The van der Waals surface area contributed by atoms with E-state index in [-0.39, 0.29) is 11.6 Å². The Balaban J connectivity index is 1.93. The standard InChI is InChI=1S/C18H16N2O5/c1-10-8-17(21)25-16-7-11(2)15(9-14(10)16)19-18(22)12-3-5-13(6-4-12)20(23)24/h3-9,20,23H,1-2H3,(H,19,22). The highest BCUT2D eigenvalue weighted by Gasteiger charge is 2.12. The molecule has 128 valence electrons. The zero-order chi connectivity index (χ0) is 18.1. The predicted molar refractivity (Wildman–Crippen MR) is 92.1 cm³/mol. The van der Waals surface area contributed by atoms with E-state index in [0.717, 1.165) is 16.5 Å². The third-order valence-corrected chi connectivity index (χ3v) is 3.94. The fourth-order valence-electron chi connectivity index (χ4n) is 2.56. The lowest BCUT2D eigenvalue weighted by Crippen LogP contribution is -2.99. The highest BCUT2D eigenvalue weighted by Crippen LogP contribution is 2.25. The minimum atomic E-state index is -1.05. The Morgan fingerprint density at radius 2 is 1.80 bits per heavy atom. The molecular formula is C18H16N2O5. The van der Waals surface area contributed by atoms with Gasteiger partial charge >= 0.3 is 5.63 Å². The maximum atomic E-state index is 12.4. The summed E-state index contributed by atoms with van der Waals surface area (Å²) in [5, 5.41) is 22.3. The molecule has 3 N–H and O–H groups in total. The minimum Gasteiger partial charge on any atom is -0.595 e.